The molecule has 0 aliphatic carbocycles. The number of rotatable bonds is 5. The van der Waals surface area contributed by atoms with Gasteiger partial charge in [0.2, 0.25) is 0 Å². The van der Waals surface area contributed by atoms with E-state index in [2.05, 4.69) is 0 Å². The third-order valence-electron chi connectivity index (χ3n) is 5.79. The van der Waals surface area contributed by atoms with Crippen molar-refractivity contribution < 1.29 is 9.53 Å². The van der Waals surface area contributed by atoms with Crippen molar-refractivity contribution in [2.45, 2.75) is 44.6 Å². The number of hydrogen-bond donors (Lipinski definition) is 0. The number of aromatic nitrogens is 2. The number of aryl methyl sites for hydroxylation is 1. The fourth-order valence-corrected chi connectivity index (χ4v) is 6.08. The summed E-state index contributed by atoms with van der Waals surface area (Å²) in [7, 11) is 0. The number of thioether (sulfide) groups is 1. The van der Waals surface area contributed by atoms with E-state index in [-0.39, 0.29) is 22.7 Å². The van der Waals surface area contributed by atoms with Crippen molar-refractivity contribution in [3.63, 3.8) is 0 Å². The second-order valence-electron chi connectivity index (χ2n) is 8.86. The van der Waals surface area contributed by atoms with Crippen molar-refractivity contribution in [3.05, 3.63) is 86.5 Å². The summed E-state index contributed by atoms with van der Waals surface area (Å²) in [6.07, 6.45) is 0.673. The maximum Gasteiger partial charge on any atom is 0.267 e. The summed E-state index contributed by atoms with van der Waals surface area (Å²) in [5, 5.41) is 1.20. The molecule has 0 radical (unpaired) electrons. The van der Waals surface area contributed by atoms with E-state index in [4.69, 9.17) is 9.72 Å². The van der Waals surface area contributed by atoms with Crippen LogP contribution in [0.2, 0.25) is 0 Å². The van der Waals surface area contributed by atoms with Gasteiger partial charge in [0.05, 0.1) is 29.0 Å². The standard InChI is InChI=1S/C26H24N2O3S2/c1-16-9-11-18(12-10-16)28-24(30)22-19-13-26(2,3)31-14-21(19)33-23(22)27-25(28)32-15-20(29)17-7-5-4-6-8-17/h4-12H,13-15H2,1-3H3. The number of hydrogen-bond acceptors (Lipinski definition) is 6. The molecule has 0 saturated heterocycles. The molecule has 2 aromatic heterocycles. The zero-order valence-corrected chi connectivity index (χ0v) is 20.4. The third kappa shape index (κ3) is 4.28. The molecule has 0 bridgehead atoms. The summed E-state index contributed by atoms with van der Waals surface area (Å²) in [5.74, 6) is 0.209. The highest BCUT2D eigenvalue weighted by Crippen LogP contribution is 2.38. The van der Waals surface area contributed by atoms with Crippen LogP contribution < -0.4 is 5.56 Å². The van der Waals surface area contributed by atoms with Gasteiger partial charge in [0.25, 0.3) is 5.56 Å². The summed E-state index contributed by atoms with van der Waals surface area (Å²) in [6.45, 7) is 6.59. The topological polar surface area (TPSA) is 61.2 Å². The smallest absolute Gasteiger partial charge is 0.267 e. The molecular formula is C26H24N2O3S2. The Kier molecular flexibility index (Phi) is 5.72. The minimum Gasteiger partial charge on any atom is -0.370 e. The third-order valence-corrected chi connectivity index (χ3v) is 7.83. The Morgan fingerprint density at radius 3 is 2.61 bits per heavy atom. The van der Waals surface area contributed by atoms with Gasteiger partial charge in [-0.3, -0.25) is 14.2 Å². The molecule has 3 heterocycles. The number of nitrogens with zero attached hydrogens (tertiary/aromatic N) is 2. The number of ether oxygens (including phenoxy) is 1. The predicted molar refractivity (Wildman–Crippen MR) is 134 cm³/mol. The normalized spacial score (nSPS) is 14.9. The van der Waals surface area contributed by atoms with Crippen molar-refractivity contribution >= 4 is 39.1 Å². The van der Waals surface area contributed by atoms with Crippen molar-refractivity contribution in [1.29, 1.82) is 0 Å². The van der Waals surface area contributed by atoms with Gasteiger partial charge in [-0.15, -0.1) is 11.3 Å². The van der Waals surface area contributed by atoms with Gasteiger partial charge in [0.1, 0.15) is 4.83 Å². The highest BCUT2D eigenvalue weighted by Gasteiger charge is 2.31. The Morgan fingerprint density at radius 1 is 1.15 bits per heavy atom. The molecule has 0 amide bonds. The van der Waals surface area contributed by atoms with Crippen molar-refractivity contribution in [1.82, 2.24) is 9.55 Å². The van der Waals surface area contributed by atoms with Gasteiger partial charge in [0.15, 0.2) is 10.9 Å². The quantitative estimate of drug-likeness (QED) is 0.214. The molecule has 4 aromatic rings. The molecule has 7 heteroatoms. The molecule has 0 unspecified atom stereocenters. The SMILES string of the molecule is Cc1ccc(-n2c(SCC(=O)c3ccccc3)nc3sc4c(c3c2=O)CC(C)(C)OC4)cc1. The number of benzene rings is 2. The van der Waals surface area contributed by atoms with Crippen LogP contribution in [0.5, 0.6) is 0 Å². The van der Waals surface area contributed by atoms with Crippen molar-refractivity contribution in [2.24, 2.45) is 0 Å². The first-order valence-corrected chi connectivity index (χ1v) is 12.6. The number of Topliss-reactive ketones (excluding diaryl/α,β-unsaturated/α-hetero) is 1. The number of fused-ring (bicyclic) bond motifs is 3. The lowest BCUT2D eigenvalue weighted by Gasteiger charge is -2.29. The molecule has 0 saturated carbocycles. The molecule has 5 rings (SSSR count). The van der Waals surface area contributed by atoms with Crippen molar-refractivity contribution in [3.8, 4) is 5.69 Å². The number of ketones is 1. The van der Waals surface area contributed by atoms with Crippen molar-refractivity contribution in [2.75, 3.05) is 5.75 Å². The molecule has 2 aromatic carbocycles. The molecule has 0 N–H and O–H groups in total. The molecule has 0 fully saturated rings. The van der Waals surface area contributed by atoms with E-state index in [0.717, 1.165) is 21.7 Å². The predicted octanol–water partition coefficient (Wildman–Crippen LogP) is 5.58. The van der Waals surface area contributed by atoms with E-state index < -0.39 is 0 Å². The highest BCUT2D eigenvalue weighted by molar-refractivity contribution is 7.99. The molecular weight excluding hydrogens is 452 g/mol. The summed E-state index contributed by atoms with van der Waals surface area (Å²) >= 11 is 2.82. The molecule has 0 spiro atoms. The van der Waals surface area contributed by atoms with Crippen LogP contribution >= 0.6 is 23.1 Å². The maximum absolute atomic E-state index is 13.9. The second-order valence-corrected chi connectivity index (χ2v) is 10.9. The minimum absolute atomic E-state index is 0.00558. The Bertz CT molecular complexity index is 1400. The molecule has 0 atom stereocenters. The first-order valence-electron chi connectivity index (χ1n) is 10.8. The van der Waals surface area contributed by atoms with E-state index >= 15 is 0 Å². The lowest BCUT2D eigenvalue weighted by Crippen LogP contribution is -2.32. The maximum atomic E-state index is 13.9. The van der Waals surface area contributed by atoms with Gasteiger partial charge >= 0.3 is 0 Å². The van der Waals surface area contributed by atoms with Crippen LogP contribution in [0.15, 0.2) is 64.5 Å². The molecule has 5 nitrogen and oxygen atoms in total. The Morgan fingerprint density at radius 2 is 1.88 bits per heavy atom. The summed E-state index contributed by atoms with van der Waals surface area (Å²) in [5.41, 5.74) is 3.15. The van der Waals surface area contributed by atoms with Crippen LogP contribution in [0.3, 0.4) is 0 Å². The molecule has 1 aliphatic rings. The lowest BCUT2D eigenvalue weighted by molar-refractivity contribution is -0.0379. The van der Waals surface area contributed by atoms with Crippen LogP contribution in [0.1, 0.15) is 40.2 Å². The second kappa shape index (κ2) is 8.56. The largest absolute Gasteiger partial charge is 0.370 e. The molecule has 1 aliphatic heterocycles. The first-order chi connectivity index (χ1) is 15.8. The summed E-state index contributed by atoms with van der Waals surface area (Å²) in [6, 6.07) is 17.0. The van der Waals surface area contributed by atoms with Crippen LogP contribution in [0, 0.1) is 6.92 Å². The van der Waals surface area contributed by atoms with Crippen LogP contribution in [0.25, 0.3) is 15.9 Å². The van der Waals surface area contributed by atoms with Gasteiger partial charge in [-0.05, 0) is 38.5 Å². The monoisotopic (exact) mass is 476 g/mol. The average Bonchev–Trinajstić information content (AvgIpc) is 3.15. The zero-order valence-electron chi connectivity index (χ0n) is 18.8. The fourth-order valence-electron chi connectivity index (χ4n) is 4.03. The van der Waals surface area contributed by atoms with E-state index in [1.54, 1.807) is 4.57 Å². The summed E-state index contributed by atoms with van der Waals surface area (Å²) in [4.78, 5) is 33.3. The van der Waals surface area contributed by atoms with E-state index in [9.17, 15) is 9.59 Å². The van der Waals surface area contributed by atoms with Crippen LogP contribution in [-0.4, -0.2) is 26.7 Å². The van der Waals surface area contributed by atoms with E-state index in [1.807, 2.05) is 75.4 Å². The highest BCUT2D eigenvalue weighted by atomic mass is 32.2. The first kappa shape index (κ1) is 22.1. The number of carbonyl (C=O) groups is 1. The minimum atomic E-state index is -0.322. The van der Waals surface area contributed by atoms with Gasteiger partial charge in [-0.2, -0.15) is 0 Å². The molecule has 33 heavy (non-hydrogen) atoms. The van der Waals surface area contributed by atoms with Crippen LogP contribution in [-0.2, 0) is 17.8 Å². The Hall–Kier alpha value is -2.74. The summed E-state index contributed by atoms with van der Waals surface area (Å²) < 4.78 is 7.62. The number of thiophene rings is 1. The lowest BCUT2D eigenvalue weighted by atomic mass is 9.94. The van der Waals surface area contributed by atoms with Gasteiger partial charge in [0, 0.05) is 16.9 Å². The van der Waals surface area contributed by atoms with Crippen LogP contribution in [0.4, 0.5) is 0 Å². The van der Waals surface area contributed by atoms with E-state index in [0.29, 0.717) is 34.0 Å². The molecule has 168 valence electrons. The van der Waals surface area contributed by atoms with Gasteiger partial charge in [-0.1, -0.05) is 59.8 Å². The average molecular weight is 477 g/mol. The van der Waals surface area contributed by atoms with Gasteiger partial charge < -0.3 is 4.74 Å². The fraction of sp³-hybridized carbons (Fsp3) is 0.269. The van der Waals surface area contributed by atoms with E-state index in [1.165, 1.54) is 23.1 Å². The number of carbonyl (C=O) groups excluding carboxylic acids is 1. The Labute approximate surface area is 200 Å². The van der Waals surface area contributed by atoms with Gasteiger partial charge in [-0.25, -0.2) is 4.98 Å². The Balaban J connectivity index is 1.63. The zero-order chi connectivity index (χ0) is 23.2.